The maximum absolute atomic E-state index is 13.7. The number of rotatable bonds is 6. The molecular formula is C25H25FN2O3S. The third-order valence-electron chi connectivity index (χ3n) is 5.83. The van der Waals surface area contributed by atoms with Crippen molar-refractivity contribution in [2.24, 2.45) is 5.92 Å². The van der Waals surface area contributed by atoms with E-state index in [1.54, 1.807) is 30.3 Å². The van der Waals surface area contributed by atoms with Crippen LogP contribution in [0.4, 0.5) is 4.39 Å². The molecule has 0 spiro atoms. The summed E-state index contributed by atoms with van der Waals surface area (Å²) in [5, 5.41) is 2.77. The zero-order valence-corrected chi connectivity index (χ0v) is 18.4. The average Bonchev–Trinajstić information content (AvgIpc) is 2.84. The highest BCUT2D eigenvalue weighted by Crippen LogP contribution is 2.26. The first kappa shape index (κ1) is 22.2. The number of carbonyl (C=O) groups is 1. The summed E-state index contributed by atoms with van der Waals surface area (Å²) in [6.45, 7) is 0.679. The fraction of sp³-hybridized carbons (Fsp3) is 0.240. The summed E-state index contributed by atoms with van der Waals surface area (Å²) < 4.78 is 41.2. The molecule has 166 valence electrons. The monoisotopic (exact) mass is 452 g/mol. The number of halogens is 1. The van der Waals surface area contributed by atoms with Crippen molar-refractivity contribution >= 4 is 15.9 Å². The van der Waals surface area contributed by atoms with Crippen LogP contribution in [0.25, 0.3) is 11.1 Å². The van der Waals surface area contributed by atoms with Gasteiger partial charge in [-0.25, -0.2) is 12.8 Å². The van der Waals surface area contributed by atoms with Crippen LogP contribution in [0.2, 0.25) is 0 Å². The maximum Gasteiger partial charge on any atom is 0.243 e. The van der Waals surface area contributed by atoms with Crippen molar-refractivity contribution in [3.63, 3.8) is 0 Å². The molecule has 4 rings (SSSR count). The Kier molecular flexibility index (Phi) is 6.67. The first-order valence-corrected chi connectivity index (χ1v) is 12.1. The Morgan fingerprint density at radius 3 is 2.12 bits per heavy atom. The van der Waals surface area contributed by atoms with Crippen molar-refractivity contribution in [3.8, 4) is 11.1 Å². The topological polar surface area (TPSA) is 66.5 Å². The SMILES string of the molecule is O=C(NCc1ccccc1F)C1CCN(S(=O)(=O)c2ccc(-c3ccccc3)cc2)CC1. The minimum atomic E-state index is -3.62. The van der Waals surface area contributed by atoms with Gasteiger partial charge in [0.2, 0.25) is 15.9 Å². The normalized spacial score (nSPS) is 15.4. The van der Waals surface area contributed by atoms with Crippen molar-refractivity contribution < 1.29 is 17.6 Å². The number of hydrogen-bond acceptors (Lipinski definition) is 3. The zero-order chi connectivity index (χ0) is 22.6. The third kappa shape index (κ3) is 4.89. The highest BCUT2D eigenvalue weighted by molar-refractivity contribution is 7.89. The Labute approximate surface area is 187 Å². The molecule has 32 heavy (non-hydrogen) atoms. The standard InChI is InChI=1S/C25H25FN2O3S/c26-24-9-5-4-8-22(24)18-27-25(29)21-14-16-28(17-15-21)32(30,31)23-12-10-20(11-13-23)19-6-2-1-3-7-19/h1-13,21H,14-18H2,(H,27,29). The summed E-state index contributed by atoms with van der Waals surface area (Å²) in [5.74, 6) is -0.807. The lowest BCUT2D eigenvalue weighted by molar-refractivity contribution is -0.126. The number of carbonyl (C=O) groups excluding carboxylic acids is 1. The Balaban J connectivity index is 1.35. The van der Waals surface area contributed by atoms with Gasteiger partial charge in [-0.3, -0.25) is 4.79 Å². The van der Waals surface area contributed by atoms with E-state index in [2.05, 4.69) is 5.32 Å². The van der Waals surface area contributed by atoms with Crippen molar-refractivity contribution in [2.45, 2.75) is 24.3 Å². The van der Waals surface area contributed by atoms with E-state index in [1.807, 2.05) is 42.5 Å². The molecule has 0 aliphatic carbocycles. The zero-order valence-electron chi connectivity index (χ0n) is 17.6. The van der Waals surface area contributed by atoms with E-state index in [-0.39, 0.29) is 42.2 Å². The number of benzene rings is 3. The Morgan fingerprint density at radius 2 is 1.47 bits per heavy atom. The summed E-state index contributed by atoms with van der Waals surface area (Å²) in [5.41, 5.74) is 2.41. The second-order valence-electron chi connectivity index (χ2n) is 7.88. The van der Waals surface area contributed by atoms with Crippen LogP contribution in [0, 0.1) is 11.7 Å². The second kappa shape index (κ2) is 9.63. The van der Waals surface area contributed by atoms with E-state index in [0.717, 1.165) is 11.1 Å². The third-order valence-corrected chi connectivity index (χ3v) is 7.75. The molecule has 1 aliphatic heterocycles. The average molecular weight is 453 g/mol. The molecule has 1 aliphatic rings. The predicted octanol–water partition coefficient (Wildman–Crippen LogP) is 4.21. The highest BCUT2D eigenvalue weighted by Gasteiger charge is 2.32. The minimum Gasteiger partial charge on any atom is -0.352 e. The summed E-state index contributed by atoms with van der Waals surface area (Å²) >= 11 is 0. The van der Waals surface area contributed by atoms with E-state index < -0.39 is 10.0 Å². The predicted molar refractivity (Wildman–Crippen MR) is 122 cm³/mol. The van der Waals surface area contributed by atoms with Crippen LogP contribution < -0.4 is 5.32 Å². The molecule has 3 aromatic rings. The molecule has 0 atom stereocenters. The smallest absolute Gasteiger partial charge is 0.243 e. The van der Waals surface area contributed by atoms with Crippen molar-refractivity contribution in [1.29, 1.82) is 0 Å². The van der Waals surface area contributed by atoms with E-state index in [1.165, 1.54) is 10.4 Å². The summed E-state index contributed by atoms with van der Waals surface area (Å²) in [6.07, 6.45) is 0.870. The molecule has 1 amide bonds. The van der Waals surface area contributed by atoms with Crippen molar-refractivity contribution in [1.82, 2.24) is 9.62 Å². The Morgan fingerprint density at radius 1 is 0.875 bits per heavy atom. The molecule has 0 saturated carbocycles. The second-order valence-corrected chi connectivity index (χ2v) is 9.82. The molecule has 1 heterocycles. The van der Waals surface area contributed by atoms with Gasteiger partial charge in [0.05, 0.1) is 4.90 Å². The van der Waals surface area contributed by atoms with Crippen LogP contribution >= 0.6 is 0 Å². The minimum absolute atomic E-state index is 0.123. The lowest BCUT2D eigenvalue weighted by Gasteiger charge is -2.30. The number of nitrogens with one attached hydrogen (secondary N) is 1. The van der Waals surface area contributed by atoms with Gasteiger partial charge in [-0.05, 0) is 42.2 Å². The van der Waals surface area contributed by atoms with E-state index in [0.29, 0.717) is 18.4 Å². The largest absolute Gasteiger partial charge is 0.352 e. The van der Waals surface area contributed by atoms with Crippen LogP contribution in [-0.4, -0.2) is 31.7 Å². The quantitative estimate of drug-likeness (QED) is 0.609. The molecule has 1 N–H and O–H groups in total. The number of amides is 1. The van der Waals surface area contributed by atoms with Gasteiger partial charge >= 0.3 is 0 Å². The van der Waals surface area contributed by atoms with Gasteiger partial charge in [0.25, 0.3) is 0 Å². The van der Waals surface area contributed by atoms with Gasteiger partial charge in [-0.1, -0.05) is 60.7 Å². The fourth-order valence-electron chi connectivity index (χ4n) is 3.93. The van der Waals surface area contributed by atoms with E-state index in [4.69, 9.17) is 0 Å². The maximum atomic E-state index is 13.7. The molecule has 7 heteroatoms. The Bertz CT molecular complexity index is 1170. The number of piperidine rings is 1. The lowest BCUT2D eigenvalue weighted by Crippen LogP contribution is -2.42. The lowest BCUT2D eigenvalue weighted by atomic mass is 9.97. The molecular weight excluding hydrogens is 427 g/mol. The number of nitrogens with zero attached hydrogens (tertiary/aromatic N) is 1. The van der Waals surface area contributed by atoms with E-state index in [9.17, 15) is 17.6 Å². The molecule has 0 bridgehead atoms. The van der Waals surface area contributed by atoms with Crippen LogP contribution in [0.15, 0.2) is 83.8 Å². The molecule has 1 fully saturated rings. The molecule has 0 aromatic heterocycles. The first-order chi connectivity index (χ1) is 15.4. The molecule has 3 aromatic carbocycles. The summed E-state index contributed by atoms with van der Waals surface area (Å²) in [6, 6.07) is 23.0. The molecule has 1 saturated heterocycles. The highest BCUT2D eigenvalue weighted by atomic mass is 32.2. The summed E-state index contributed by atoms with van der Waals surface area (Å²) in [7, 11) is -3.62. The molecule has 5 nitrogen and oxygen atoms in total. The number of sulfonamides is 1. The van der Waals surface area contributed by atoms with Crippen LogP contribution in [0.3, 0.4) is 0 Å². The summed E-state index contributed by atoms with van der Waals surface area (Å²) in [4.78, 5) is 12.7. The molecule has 0 unspecified atom stereocenters. The van der Waals surface area contributed by atoms with Crippen molar-refractivity contribution in [2.75, 3.05) is 13.1 Å². The van der Waals surface area contributed by atoms with Gasteiger partial charge < -0.3 is 5.32 Å². The van der Waals surface area contributed by atoms with Crippen LogP contribution in [-0.2, 0) is 21.4 Å². The van der Waals surface area contributed by atoms with E-state index >= 15 is 0 Å². The number of hydrogen-bond donors (Lipinski definition) is 1. The molecule has 0 radical (unpaired) electrons. The van der Waals surface area contributed by atoms with Crippen LogP contribution in [0.1, 0.15) is 18.4 Å². The first-order valence-electron chi connectivity index (χ1n) is 10.6. The fourth-order valence-corrected chi connectivity index (χ4v) is 5.40. The Hall–Kier alpha value is -3.03. The van der Waals surface area contributed by atoms with Gasteiger partial charge in [0.1, 0.15) is 5.82 Å². The van der Waals surface area contributed by atoms with Gasteiger partial charge in [-0.15, -0.1) is 0 Å². The van der Waals surface area contributed by atoms with Gasteiger partial charge in [0, 0.05) is 31.1 Å². The van der Waals surface area contributed by atoms with Gasteiger partial charge in [-0.2, -0.15) is 4.31 Å². The van der Waals surface area contributed by atoms with Crippen LogP contribution in [0.5, 0.6) is 0 Å². The van der Waals surface area contributed by atoms with Gasteiger partial charge in [0.15, 0.2) is 0 Å². The van der Waals surface area contributed by atoms with Crippen molar-refractivity contribution in [3.05, 3.63) is 90.2 Å².